The van der Waals surface area contributed by atoms with Crippen LogP contribution in [0.5, 0.6) is 0 Å². The van der Waals surface area contributed by atoms with Gasteiger partial charge in [-0.15, -0.1) is 0 Å². The molecule has 0 unspecified atom stereocenters. The maximum absolute atomic E-state index is 13.5. The molecule has 0 aliphatic carbocycles. The van der Waals surface area contributed by atoms with E-state index < -0.39 is 18.0 Å². The van der Waals surface area contributed by atoms with E-state index in [-0.39, 0.29) is 31.1 Å². The fourth-order valence-corrected chi connectivity index (χ4v) is 3.25. The number of aliphatic carboxylic acids is 1. The van der Waals surface area contributed by atoms with Gasteiger partial charge in [-0.3, -0.25) is 9.59 Å². The van der Waals surface area contributed by atoms with Crippen molar-refractivity contribution >= 4 is 22.8 Å². The molecule has 1 fully saturated rings. The number of nitrogens with zero attached hydrogens (tertiary/aromatic N) is 1. The number of benzene rings is 1. The molecule has 3 rings (SSSR count). The average molecular weight is 334 g/mol. The van der Waals surface area contributed by atoms with E-state index in [0.717, 1.165) is 11.2 Å². The lowest BCUT2D eigenvalue weighted by molar-refractivity contribution is -0.151. The summed E-state index contributed by atoms with van der Waals surface area (Å²) in [5.41, 5.74) is 2.26. The second kappa shape index (κ2) is 6.24. The molecule has 2 atom stereocenters. The third-order valence-corrected chi connectivity index (χ3v) is 4.66. The van der Waals surface area contributed by atoms with Gasteiger partial charge < -0.3 is 20.1 Å². The number of aryl methyl sites for hydroxylation is 1. The number of aromatic nitrogens is 1. The number of amides is 1. The summed E-state index contributed by atoms with van der Waals surface area (Å²) >= 11 is 0. The van der Waals surface area contributed by atoms with Gasteiger partial charge in [0.25, 0.3) is 0 Å². The summed E-state index contributed by atoms with van der Waals surface area (Å²) in [6.45, 7) is 2.13. The molecule has 128 valence electrons. The minimum absolute atomic E-state index is 0.00883. The first kappa shape index (κ1) is 16.4. The lowest BCUT2D eigenvalue weighted by Crippen LogP contribution is -2.49. The molecule has 0 saturated carbocycles. The van der Waals surface area contributed by atoms with Crippen molar-refractivity contribution < 1.29 is 24.2 Å². The molecule has 1 amide bonds. The SMILES string of the molecule is Cc1[nH]c2ccc(F)cc2c1CC(=O)N1CC[C@@H](O)[C@H](C(=O)O)C1. The number of carbonyl (C=O) groups is 2. The van der Waals surface area contributed by atoms with Crippen LogP contribution in [0, 0.1) is 18.7 Å². The first-order chi connectivity index (χ1) is 11.4. The number of aromatic amines is 1. The predicted molar refractivity (Wildman–Crippen MR) is 85.0 cm³/mol. The number of likely N-dealkylation sites (tertiary alicyclic amines) is 1. The van der Waals surface area contributed by atoms with Gasteiger partial charge >= 0.3 is 5.97 Å². The fourth-order valence-electron chi connectivity index (χ4n) is 3.25. The monoisotopic (exact) mass is 334 g/mol. The summed E-state index contributed by atoms with van der Waals surface area (Å²) in [5.74, 6) is -2.67. The van der Waals surface area contributed by atoms with E-state index in [1.54, 1.807) is 6.07 Å². The number of hydrogen-bond donors (Lipinski definition) is 3. The Hall–Kier alpha value is -2.41. The molecule has 2 aromatic rings. The van der Waals surface area contributed by atoms with Gasteiger partial charge in [0, 0.05) is 29.7 Å². The number of aliphatic hydroxyl groups is 1. The maximum atomic E-state index is 13.5. The smallest absolute Gasteiger partial charge is 0.310 e. The second-order valence-electron chi connectivity index (χ2n) is 6.24. The number of fused-ring (bicyclic) bond motifs is 1. The molecule has 1 aromatic carbocycles. The van der Waals surface area contributed by atoms with Crippen LogP contribution >= 0.6 is 0 Å². The summed E-state index contributed by atoms with van der Waals surface area (Å²) in [7, 11) is 0. The Morgan fingerprint density at radius 3 is 2.88 bits per heavy atom. The van der Waals surface area contributed by atoms with Crippen molar-refractivity contribution in [1.82, 2.24) is 9.88 Å². The standard InChI is InChI=1S/C17H19FN2O4/c1-9-11(12-6-10(18)2-3-14(12)19-9)7-16(22)20-5-4-15(21)13(8-20)17(23)24/h2-3,6,13,15,19,21H,4-5,7-8H2,1H3,(H,23,24)/t13-,15-/m1/s1. The Morgan fingerprint density at radius 2 is 2.17 bits per heavy atom. The lowest BCUT2D eigenvalue weighted by atomic mass is 9.94. The van der Waals surface area contributed by atoms with Crippen LogP contribution in [0.25, 0.3) is 10.9 Å². The number of nitrogens with one attached hydrogen (secondary N) is 1. The highest BCUT2D eigenvalue weighted by Gasteiger charge is 2.35. The van der Waals surface area contributed by atoms with E-state index in [4.69, 9.17) is 5.11 Å². The van der Waals surface area contributed by atoms with Crippen LogP contribution in [0.3, 0.4) is 0 Å². The number of carboxylic acids is 1. The first-order valence-electron chi connectivity index (χ1n) is 7.82. The van der Waals surface area contributed by atoms with Crippen LogP contribution in [0.2, 0.25) is 0 Å². The van der Waals surface area contributed by atoms with Crippen molar-refractivity contribution in [2.24, 2.45) is 5.92 Å². The van der Waals surface area contributed by atoms with Crippen LogP contribution < -0.4 is 0 Å². The van der Waals surface area contributed by atoms with E-state index in [2.05, 4.69) is 4.98 Å². The molecule has 1 saturated heterocycles. The van der Waals surface area contributed by atoms with Crippen molar-refractivity contribution in [3.8, 4) is 0 Å². The van der Waals surface area contributed by atoms with Crippen molar-refractivity contribution in [3.63, 3.8) is 0 Å². The molecule has 6 nitrogen and oxygen atoms in total. The van der Waals surface area contributed by atoms with Gasteiger partial charge in [0.2, 0.25) is 5.91 Å². The number of aliphatic hydroxyl groups excluding tert-OH is 1. The van der Waals surface area contributed by atoms with E-state index in [0.29, 0.717) is 17.5 Å². The van der Waals surface area contributed by atoms with Crippen molar-refractivity contribution in [1.29, 1.82) is 0 Å². The minimum Gasteiger partial charge on any atom is -0.481 e. The van der Waals surface area contributed by atoms with E-state index in [1.807, 2.05) is 6.92 Å². The topological polar surface area (TPSA) is 93.6 Å². The number of halogens is 1. The Kier molecular flexibility index (Phi) is 4.28. The summed E-state index contributed by atoms with van der Waals surface area (Å²) in [4.78, 5) is 28.3. The van der Waals surface area contributed by atoms with Crippen LogP contribution in [-0.4, -0.2) is 51.2 Å². The zero-order chi connectivity index (χ0) is 17.4. The first-order valence-corrected chi connectivity index (χ1v) is 7.82. The molecule has 1 aromatic heterocycles. The van der Waals surface area contributed by atoms with Crippen LogP contribution in [0.15, 0.2) is 18.2 Å². The van der Waals surface area contributed by atoms with E-state index >= 15 is 0 Å². The Balaban J connectivity index is 1.81. The van der Waals surface area contributed by atoms with Crippen LogP contribution in [0.1, 0.15) is 17.7 Å². The van der Waals surface area contributed by atoms with Gasteiger partial charge in [0.1, 0.15) is 11.7 Å². The normalized spacial score (nSPS) is 21.2. The van der Waals surface area contributed by atoms with E-state index in [9.17, 15) is 19.1 Å². The van der Waals surface area contributed by atoms with Crippen LogP contribution in [-0.2, 0) is 16.0 Å². The molecular weight excluding hydrogens is 315 g/mol. The van der Waals surface area contributed by atoms with Crippen molar-refractivity contribution in [3.05, 3.63) is 35.3 Å². The molecule has 1 aliphatic rings. The lowest BCUT2D eigenvalue weighted by Gasteiger charge is -2.34. The molecular formula is C17H19FN2O4. The highest BCUT2D eigenvalue weighted by atomic mass is 19.1. The summed E-state index contributed by atoms with van der Waals surface area (Å²) in [6.07, 6.45) is -0.627. The number of carboxylic acid groups (broad SMARTS) is 1. The quantitative estimate of drug-likeness (QED) is 0.792. The Morgan fingerprint density at radius 1 is 1.42 bits per heavy atom. The molecule has 2 heterocycles. The van der Waals surface area contributed by atoms with Crippen LogP contribution in [0.4, 0.5) is 4.39 Å². The number of rotatable bonds is 3. The van der Waals surface area contributed by atoms with Gasteiger partial charge in [0.15, 0.2) is 0 Å². The molecule has 7 heteroatoms. The zero-order valence-corrected chi connectivity index (χ0v) is 13.3. The molecule has 24 heavy (non-hydrogen) atoms. The Bertz CT molecular complexity index is 801. The number of piperidine rings is 1. The zero-order valence-electron chi connectivity index (χ0n) is 13.3. The molecule has 1 aliphatic heterocycles. The summed E-state index contributed by atoms with van der Waals surface area (Å²) in [5, 5.41) is 19.5. The molecule has 0 spiro atoms. The highest BCUT2D eigenvalue weighted by molar-refractivity contribution is 5.90. The third kappa shape index (κ3) is 2.99. The van der Waals surface area contributed by atoms with Gasteiger partial charge in [0.05, 0.1) is 12.5 Å². The van der Waals surface area contributed by atoms with E-state index in [1.165, 1.54) is 17.0 Å². The second-order valence-corrected chi connectivity index (χ2v) is 6.24. The Labute approximate surface area is 137 Å². The van der Waals surface area contributed by atoms with Gasteiger partial charge in [-0.25, -0.2) is 4.39 Å². The summed E-state index contributed by atoms with van der Waals surface area (Å²) in [6, 6.07) is 4.37. The van der Waals surface area contributed by atoms with Crippen molar-refractivity contribution in [2.45, 2.75) is 25.9 Å². The average Bonchev–Trinajstić information content (AvgIpc) is 2.83. The predicted octanol–water partition coefficient (Wildman–Crippen LogP) is 1.45. The van der Waals surface area contributed by atoms with Gasteiger partial charge in [-0.1, -0.05) is 0 Å². The third-order valence-electron chi connectivity index (χ3n) is 4.66. The summed E-state index contributed by atoms with van der Waals surface area (Å²) < 4.78 is 13.5. The van der Waals surface area contributed by atoms with Crippen molar-refractivity contribution in [2.75, 3.05) is 13.1 Å². The highest BCUT2D eigenvalue weighted by Crippen LogP contribution is 2.25. The number of H-pyrrole nitrogens is 1. The van der Waals surface area contributed by atoms with Gasteiger partial charge in [-0.2, -0.15) is 0 Å². The molecule has 0 radical (unpaired) electrons. The number of hydrogen-bond acceptors (Lipinski definition) is 3. The largest absolute Gasteiger partial charge is 0.481 e. The minimum atomic E-state index is -1.11. The maximum Gasteiger partial charge on any atom is 0.310 e. The molecule has 3 N–H and O–H groups in total. The van der Waals surface area contributed by atoms with Gasteiger partial charge in [-0.05, 0) is 37.1 Å². The molecule has 0 bridgehead atoms. The number of carbonyl (C=O) groups excluding carboxylic acids is 1. The fraction of sp³-hybridized carbons (Fsp3) is 0.412.